The summed E-state index contributed by atoms with van der Waals surface area (Å²) in [7, 11) is 0. The van der Waals surface area contributed by atoms with Gasteiger partial charge in [-0.15, -0.1) is 0 Å². The van der Waals surface area contributed by atoms with Crippen molar-refractivity contribution in [2.75, 3.05) is 0 Å². The van der Waals surface area contributed by atoms with Crippen LogP contribution in [0.1, 0.15) is 38.7 Å². The molecule has 0 radical (unpaired) electrons. The van der Waals surface area contributed by atoms with Gasteiger partial charge in [-0.1, -0.05) is 57.0 Å². The lowest BCUT2D eigenvalue weighted by Gasteiger charge is -2.19. The highest BCUT2D eigenvalue weighted by Gasteiger charge is 2.23. The number of carbonyl (C=O) groups is 1. The van der Waals surface area contributed by atoms with Crippen LogP contribution in [0.4, 0.5) is 0 Å². The first-order chi connectivity index (χ1) is 8.15. The first kappa shape index (κ1) is 13.8. The summed E-state index contributed by atoms with van der Waals surface area (Å²) < 4.78 is 0. The molecule has 2 heteroatoms. The quantitative estimate of drug-likeness (QED) is 0.780. The standard InChI is InChI=1S/C15H22O2/c1-3-7-12(2)14(15(16)17)11-10-13-8-5-4-6-9-13/h4-6,8-9,12,14H,3,7,10-11H2,1-2H3,(H,16,17). The molecule has 0 saturated carbocycles. The van der Waals surface area contributed by atoms with E-state index >= 15 is 0 Å². The van der Waals surface area contributed by atoms with E-state index in [1.54, 1.807) is 0 Å². The van der Waals surface area contributed by atoms with Crippen LogP contribution in [0.15, 0.2) is 30.3 Å². The monoisotopic (exact) mass is 234 g/mol. The Bertz CT molecular complexity index is 332. The van der Waals surface area contributed by atoms with Crippen LogP contribution >= 0.6 is 0 Å². The molecule has 2 atom stereocenters. The zero-order chi connectivity index (χ0) is 12.7. The molecule has 0 aromatic heterocycles. The minimum atomic E-state index is -0.651. The Morgan fingerprint density at radius 1 is 1.24 bits per heavy atom. The van der Waals surface area contributed by atoms with Crippen molar-refractivity contribution in [1.29, 1.82) is 0 Å². The minimum Gasteiger partial charge on any atom is -0.481 e. The van der Waals surface area contributed by atoms with Crippen molar-refractivity contribution < 1.29 is 9.90 Å². The van der Waals surface area contributed by atoms with Crippen molar-refractivity contribution in [3.63, 3.8) is 0 Å². The molecule has 2 unspecified atom stereocenters. The van der Waals surface area contributed by atoms with Gasteiger partial charge in [0, 0.05) is 0 Å². The second-order valence-electron chi connectivity index (χ2n) is 4.73. The van der Waals surface area contributed by atoms with Crippen LogP contribution in [0.5, 0.6) is 0 Å². The zero-order valence-corrected chi connectivity index (χ0v) is 10.7. The third-order valence-electron chi connectivity index (χ3n) is 3.33. The van der Waals surface area contributed by atoms with Crippen molar-refractivity contribution >= 4 is 5.97 Å². The smallest absolute Gasteiger partial charge is 0.306 e. The summed E-state index contributed by atoms with van der Waals surface area (Å²) in [5, 5.41) is 9.25. The molecular weight excluding hydrogens is 212 g/mol. The third kappa shape index (κ3) is 4.59. The Balaban J connectivity index is 2.53. The maximum absolute atomic E-state index is 11.2. The van der Waals surface area contributed by atoms with Gasteiger partial charge in [-0.25, -0.2) is 0 Å². The topological polar surface area (TPSA) is 37.3 Å². The summed E-state index contributed by atoms with van der Waals surface area (Å²) in [6.07, 6.45) is 3.63. The number of benzene rings is 1. The van der Waals surface area contributed by atoms with E-state index in [9.17, 15) is 9.90 Å². The molecule has 0 aliphatic carbocycles. The summed E-state index contributed by atoms with van der Waals surface area (Å²) in [4.78, 5) is 11.2. The van der Waals surface area contributed by atoms with Crippen LogP contribution < -0.4 is 0 Å². The van der Waals surface area contributed by atoms with Gasteiger partial charge in [0.15, 0.2) is 0 Å². The molecule has 0 amide bonds. The number of rotatable bonds is 7. The Hall–Kier alpha value is -1.31. The zero-order valence-electron chi connectivity index (χ0n) is 10.7. The molecule has 1 aromatic carbocycles. The van der Waals surface area contributed by atoms with Gasteiger partial charge < -0.3 is 5.11 Å². The second kappa shape index (κ2) is 7.10. The summed E-state index contributed by atoms with van der Waals surface area (Å²) >= 11 is 0. The number of carboxylic acids is 1. The molecule has 17 heavy (non-hydrogen) atoms. The lowest BCUT2D eigenvalue weighted by atomic mass is 9.86. The highest BCUT2D eigenvalue weighted by molar-refractivity contribution is 5.70. The molecule has 0 saturated heterocycles. The minimum absolute atomic E-state index is 0.213. The summed E-state index contributed by atoms with van der Waals surface area (Å²) in [6.45, 7) is 4.15. The van der Waals surface area contributed by atoms with E-state index in [1.165, 1.54) is 5.56 Å². The van der Waals surface area contributed by atoms with Gasteiger partial charge in [-0.3, -0.25) is 4.79 Å². The van der Waals surface area contributed by atoms with Crippen LogP contribution in [0.3, 0.4) is 0 Å². The van der Waals surface area contributed by atoms with Gasteiger partial charge >= 0.3 is 5.97 Å². The largest absolute Gasteiger partial charge is 0.481 e. The highest BCUT2D eigenvalue weighted by Crippen LogP contribution is 2.22. The molecule has 1 rings (SSSR count). The predicted octanol–water partition coefficient (Wildman–Crippen LogP) is 3.76. The van der Waals surface area contributed by atoms with E-state index in [1.807, 2.05) is 25.1 Å². The molecule has 1 N–H and O–H groups in total. The lowest BCUT2D eigenvalue weighted by molar-refractivity contribution is -0.143. The van der Waals surface area contributed by atoms with Crippen molar-refractivity contribution in [1.82, 2.24) is 0 Å². The van der Waals surface area contributed by atoms with Crippen molar-refractivity contribution in [3.8, 4) is 0 Å². The Morgan fingerprint density at radius 2 is 1.88 bits per heavy atom. The van der Waals surface area contributed by atoms with Gasteiger partial charge in [0.05, 0.1) is 5.92 Å². The molecule has 94 valence electrons. The number of aliphatic carboxylic acids is 1. The Morgan fingerprint density at radius 3 is 2.41 bits per heavy atom. The van der Waals surface area contributed by atoms with E-state index in [4.69, 9.17) is 0 Å². The van der Waals surface area contributed by atoms with Gasteiger partial charge in [0.2, 0.25) is 0 Å². The number of aryl methyl sites for hydroxylation is 1. The SMILES string of the molecule is CCCC(C)C(CCc1ccccc1)C(=O)O. The fraction of sp³-hybridized carbons (Fsp3) is 0.533. The second-order valence-corrected chi connectivity index (χ2v) is 4.73. The van der Waals surface area contributed by atoms with E-state index in [2.05, 4.69) is 19.1 Å². The number of hydrogen-bond donors (Lipinski definition) is 1. The van der Waals surface area contributed by atoms with Crippen LogP contribution in [0.25, 0.3) is 0 Å². The van der Waals surface area contributed by atoms with E-state index < -0.39 is 5.97 Å². The first-order valence-electron chi connectivity index (χ1n) is 6.41. The highest BCUT2D eigenvalue weighted by atomic mass is 16.4. The Kier molecular flexibility index (Phi) is 5.75. The van der Waals surface area contributed by atoms with E-state index in [0.29, 0.717) is 0 Å². The summed E-state index contributed by atoms with van der Waals surface area (Å²) in [6, 6.07) is 10.1. The summed E-state index contributed by atoms with van der Waals surface area (Å²) in [5.74, 6) is -0.599. The molecular formula is C15H22O2. The number of hydrogen-bond acceptors (Lipinski definition) is 1. The van der Waals surface area contributed by atoms with Crippen LogP contribution in [0, 0.1) is 11.8 Å². The predicted molar refractivity (Wildman–Crippen MR) is 70.0 cm³/mol. The molecule has 2 nitrogen and oxygen atoms in total. The molecule has 1 aromatic rings. The van der Waals surface area contributed by atoms with Gasteiger partial charge in [0.25, 0.3) is 0 Å². The molecule has 0 bridgehead atoms. The molecule has 0 spiro atoms. The van der Waals surface area contributed by atoms with Gasteiger partial charge in [-0.05, 0) is 24.3 Å². The molecule has 0 aliphatic heterocycles. The lowest BCUT2D eigenvalue weighted by Crippen LogP contribution is -2.22. The molecule has 0 aliphatic rings. The van der Waals surface area contributed by atoms with Gasteiger partial charge in [0.1, 0.15) is 0 Å². The van der Waals surface area contributed by atoms with Crippen molar-refractivity contribution in [2.24, 2.45) is 11.8 Å². The Labute approximate surface area is 104 Å². The van der Waals surface area contributed by atoms with Crippen molar-refractivity contribution in [2.45, 2.75) is 39.5 Å². The van der Waals surface area contributed by atoms with Crippen LogP contribution in [-0.2, 0) is 11.2 Å². The fourth-order valence-electron chi connectivity index (χ4n) is 2.27. The van der Waals surface area contributed by atoms with E-state index in [-0.39, 0.29) is 11.8 Å². The fourth-order valence-corrected chi connectivity index (χ4v) is 2.27. The summed E-state index contributed by atoms with van der Waals surface area (Å²) in [5.41, 5.74) is 1.22. The first-order valence-corrected chi connectivity index (χ1v) is 6.41. The molecule has 0 fully saturated rings. The van der Waals surface area contributed by atoms with Gasteiger partial charge in [-0.2, -0.15) is 0 Å². The normalized spacial score (nSPS) is 14.2. The average Bonchev–Trinajstić information content (AvgIpc) is 2.30. The van der Waals surface area contributed by atoms with Crippen LogP contribution in [-0.4, -0.2) is 11.1 Å². The maximum atomic E-state index is 11.2. The van der Waals surface area contributed by atoms with E-state index in [0.717, 1.165) is 25.7 Å². The molecule has 0 heterocycles. The van der Waals surface area contributed by atoms with Crippen molar-refractivity contribution in [3.05, 3.63) is 35.9 Å². The van der Waals surface area contributed by atoms with Crippen LogP contribution in [0.2, 0.25) is 0 Å². The maximum Gasteiger partial charge on any atom is 0.306 e. The number of carboxylic acid groups (broad SMARTS) is 1. The average molecular weight is 234 g/mol. The third-order valence-corrected chi connectivity index (χ3v) is 3.33.